The zero-order chi connectivity index (χ0) is 18.3. The first-order valence-electron chi connectivity index (χ1n) is 8.78. The van der Waals surface area contributed by atoms with Crippen molar-refractivity contribution in [3.05, 3.63) is 63.8 Å². The summed E-state index contributed by atoms with van der Waals surface area (Å²) in [6.45, 7) is 8.56. The van der Waals surface area contributed by atoms with E-state index in [1.807, 2.05) is 26.0 Å². The summed E-state index contributed by atoms with van der Waals surface area (Å²) in [5.41, 5.74) is 3.46. The van der Waals surface area contributed by atoms with Crippen LogP contribution in [0.15, 0.2) is 45.2 Å². The fraction of sp³-hybridized carbons (Fsp3) is 0.350. The Balaban J connectivity index is 1.67. The lowest BCUT2D eigenvalue weighted by atomic mass is 10.0. The number of aryl methyl sites for hydroxylation is 2. The highest BCUT2D eigenvalue weighted by Crippen LogP contribution is 2.40. The van der Waals surface area contributed by atoms with Crippen molar-refractivity contribution < 1.29 is 4.42 Å². The maximum absolute atomic E-state index is 12.0. The summed E-state index contributed by atoms with van der Waals surface area (Å²) in [6, 6.07) is 5.68. The van der Waals surface area contributed by atoms with E-state index in [2.05, 4.69) is 27.4 Å². The van der Waals surface area contributed by atoms with Gasteiger partial charge in [0, 0.05) is 29.7 Å². The molecule has 0 aliphatic heterocycles. The summed E-state index contributed by atoms with van der Waals surface area (Å²) in [4.78, 5) is 12.0. The molecule has 6 heteroatoms. The Hall–Kier alpha value is -2.34. The summed E-state index contributed by atoms with van der Waals surface area (Å²) in [5, 5.41) is 10.6. The molecule has 0 saturated heterocycles. The lowest BCUT2D eigenvalue weighted by Crippen LogP contribution is -2.04. The van der Waals surface area contributed by atoms with Crippen LogP contribution in [0.1, 0.15) is 41.3 Å². The number of rotatable bonds is 6. The molecule has 5 nitrogen and oxygen atoms in total. The first-order valence-corrected chi connectivity index (χ1v) is 9.76. The summed E-state index contributed by atoms with van der Waals surface area (Å²) in [5.74, 6) is 2.23. The van der Waals surface area contributed by atoms with Crippen LogP contribution in [-0.4, -0.2) is 14.8 Å². The molecule has 0 bridgehead atoms. The molecule has 0 N–H and O–H groups in total. The van der Waals surface area contributed by atoms with E-state index in [1.54, 1.807) is 17.8 Å². The molecule has 1 fully saturated rings. The van der Waals surface area contributed by atoms with Gasteiger partial charge in [-0.05, 0) is 43.4 Å². The van der Waals surface area contributed by atoms with Crippen LogP contribution >= 0.6 is 11.8 Å². The third-order valence-electron chi connectivity index (χ3n) is 4.87. The van der Waals surface area contributed by atoms with Gasteiger partial charge in [0.05, 0.1) is 0 Å². The summed E-state index contributed by atoms with van der Waals surface area (Å²) < 4.78 is 7.60. The molecule has 1 aromatic carbocycles. The van der Waals surface area contributed by atoms with Crippen molar-refractivity contribution in [2.45, 2.75) is 50.1 Å². The average molecular weight is 367 g/mol. The lowest BCUT2D eigenvalue weighted by Gasteiger charge is -2.10. The van der Waals surface area contributed by atoms with Crippen LogP contribution in [-0.2, 0) is 12.3 Å². The van der Waals surface area contributed by atoms with Gasteiger partial charge in [0.2, 0.25) is 0 Å². The Morgan fingerprint density at radius 3 is 2.88 bits per heavy atom. The van der Waals surface area contributed by atoms with Gasteiger partial charge in [0.25, 0.3) is 0 Å². The molecule has 1 aliphatic carbocycles. The second kappa shape index (κ2) is 6.76. The Morgan fingerprint density at radius 2 is 2.15 bits per heavy atom. The van der Waals surface area contributed by atoms with Crippen LogP contribution in [0.2, 0.25) is 0 Å². The molecule has 0 radical (unpaired) electrons. The zero-order valence-corrected chi connectivity index (χ0v) is 15.8. The Bertz CT molecular complexity index is 1050. The molecule has 0 spiro atoms. The quantitative estimate of drug-likeness (QED) is 0.368. The van der Waals surface area contributed by atoms with Crippen molar-refractivity contribution in [3.8, 4) is 0 Å². The summed E-state index contributed by atoms with van der Waals surface area (Å²) in [7, 11) is 0. The van der Waals surface area contributed by atoms with E-state index in [1.165, 1.54) is 12.8 Å². The van der Waals surface area contributed by atoms with Crippen LogP contribution in [0.3, 0.4) is 0 Å². The largest absolute Gasteiger partial charge is 0.422 e. The van der Waals surface area contributed by atoms with Crippen molar-refractivity contribution >= 4 is 22.7 Å². The molecule has 0 amide bonds. The number of thioether (sulfide) groups is 1. The molecule has 1 aliphatic rings. The Labute approximate surface area is 156 Å². The predicted molar refractivity (Wildman–Crippen MR) is 104 cm³/mol. The van der Waals surface area contributed by atoms with Gasteiger partial charge in [-0.3, -0.25) is 0 Å². The number of benzene rings is 1. The third-order valence-corrected chi connectivity index (χ3v) is 5.89. The summed E-state index contributed by atoms with van der Waals surface area (Å²) >= 11 is 1.60. The molecule has 3 aromatic rings. The smallest absolute Gasteiger partial charge is 0.336 e. The molecule has 4 rings (SSSR count). The maximum atomic E-state index is 12.0. The van der Waals surface area contributed by atoms with Gasteiger partial charge < -0.3 is 8.98 Å². The van der Waals surface area contributed by atoms with Gasteiger partial charge in [0.1, 0.15) is 11.4 Å². The van der Waals surface area contributed by atoms with E-state index >= 15 is 0 Å². The van der Waals surface area contributed by atoms with Crippen molar-refractivity contribution in [2.24, 2.45) is 0 Å². The van der Waals surface area contributed by atoms with Gasteiger partial charge >= 0.3 is 5.63 Å². The standard InChI is InChI=1S/C20H21N3O2S/c1-4-9-23-19(14-6-7-14)21-22-20(23)26-11-15-10-17(24)25-18-13(3)12(2)5-8-16(15)18/h4-5,8,10,14H,1,6-7,9,11H2,2-3H3. The highest BCUT2D eigenvalue weighted by Gasteiger charge is 2.30. The lowest BCUT2D eigenvalue weighted by molar-refractivity contribution is 0.557. The Kier molecular flexibility index (Phi) is 4.44. The van der Waals surface area contributed by atoms with Crippen molar-refractivity contribution in [1.82, 2.24) is 14.8 Å². The summed E-state index contributed by atoms with van der Waals surface area (Å²) in [6.07, 6.45) is 4.24. The number of hydrogen-bond acceptors (Lipinski definition) is 5. The number of hydrogen-bond donors (Lipinski definition) is 0. The van der Waals surface area contributed by atoms with E-state index in [9.17, 15) is 4.79 Å². The van der Waals surface area contributed by atoms with Crippen LogP contribution < -0.4 is 5.63 Å². The Morgan fingerprint density at radius 1 is 1.35 bits per heavy atom. The normalized spacial score (nSPS) is 14.1. The van der Waals surface area contributed by atoms with Crippen LogP contribution in [0, 0.1) is 13.8 Å². The van der Waals surface area contributed by atoms with Crippen LogP contribution in [0.25, 0.3) is 11.0 Å². The van der Waals surface area contributed by atoms with E-state index < -0.39 is 0 Å². The first kappa shape index (κ1) is 17.1. The minimum Gasteiger partial charge on any atom is -0.422 e. The average Bonchev–Trinajstić information content (AvgIpc) is 3.39. The molecular weight excluding hydrogens is 346 g/mol. The van der Waals surface area contributed by atoms with Crippen molar-refractivity contribution in [3.63, 3.8) is 0 Å². The van der Waals surface area contributed by atoms with E-state index in [0.29, 0.717) is 23.8 Å². The minimum atomic E-state index is -0.312. The maximum Gasteiger partial charge on any atom is 0.336 e. The molecule has 2 aromatic heterocycles. The second-order valence-corrected chi connectivity index (χ2v) is 7.72. The van der Waals surface area contributed by atoms with E-state index in [0.717, 1.165) is 33.1 Å². The monoisotopic (exact) mass is 367 g/mol. The van der Waals surface area contributed by atoms with E-state index in [4.69, 9.17) is 4.42 Å². The SMILES string of the molecule is C=CCn1c(SCc2cc(=O)oc3c(C)c(C)ccc23)nnc1C1CC1. The van der Waals surface area contributed by atoms with E-state index in [-0.39, 0.29) is 5.63 Å². The van der Waals surface area contributed by atoms with Gasteiger partial charge in [-0.1, -0.05) is 30.0 Å². The molecule has 0 unspecified atom stereocenters. The van der Waals surface area contributed by atoms with Gasteiger partial charge in [-0.2, -0.15) is 0 Å². The topological polar surface area (TPSA) is 60.9 Å². The first-order chi connectivity index (χ1) is 12.6. The zero-order valence-electron chi connectivity index (χ0n) is 15.0. The van der Waals surface area contributed by atoms with Crippen molar-refractivity contribution in [2.75, 3.05) is 0 Å². The van der Waals surface area contributed by atoms with Gasteiger partial charge in [0.15, 0.2) is 5.16 Å². The molecule has 26 heavy (non-hydrogen) atoms. The fourth-order valence-corrected chi connectivity index (χ4v) is 4.08. The molecular formula is C20H21N3O2S. The minimum absolute atomic E-state index is 0.312. The number of fused-ring (bicyclic) bond motifs is 1. The predicted octanol–water partition coefficient (Wildman–Crippen LogP) is 4.36. The second-order valence-electron chi connectivity index (χ2n) is 6.78. The third kappa shape index (κ3) is 3.09. The molecule has 1 saturated carbocycles. The van der Waals surface area contributed by atoms with Gasteiger partial charge in [-0.25, -0.2) is 4.79 Å². The number of aromatic nitrogens is 3. The molecule has 2 heterocycles. The molecule has 0 atom stereocenters. The molecule has 134 valence electrons. The number of nitrogens with zero attached hydrogens (tertiary/aromatic N) is 3. The van der Waals surface area contributed by atoms with Crippen LogP contribution in [0.4, 0.5) is 0 Å². The highest BCUT2D eigenvalue weighted by atomic mass is 32.2. The van der Waals surface area contributed by atoms with Gasteiger partial charge in [-0.15, -0.1) is 16.8 Å². The fourth-order valence-electron chi connectivity index (χ4n) is 3.14. The van der Waals surface area contributed by atoms with Crippen LogP contribution in [0.5, 0.6) is 0 Å². The number of allylic oxidation sites excluding steroid dienone is 1. The highest BCUT2D eigenvalue weighted by molar-refractivity contribution is 7.98. The van der Waals surface area contributed by atoms with Crippen molar-refractivity contribution in [1.29, 1.82) is 0 Å².